The van der Waals surface area contributed by atoms with E-state index in [-0.39, 0.29) is 0 Å². The fraction of sp³-hybridized carbons (Fsp3) is 0.846. The molecule has 2 aliphatic carbocycles. The smallest absolute Gasteiger partial charge is 0.0876 e. The lowest BCUT2D eigenvalue weighted by molar-refractivity contribution is 0.210. The van der Waals surface area contributed by atoms with Crippen molar-refractivity contribution < 1.29 is 4.74 Å². The molecule has 0 spiro atoms. The Kier molecular flexibility index (Phi) is 2.47. The fourth-order valence-electron chi connectivity index (χ4n) is 3.84. The second-order valence-electron chi connectivity index (χ2n) is 5.53. The second-order valence-corrected chi connectivity index (χ2v) is 5.53. The van der Waals surface area contributed by atoms with E-state index in [4.69, 9.17) is 10.5 Å². The van der Waals surface area contributed by atoms with Gasteiger partial charge >= 0.3 is 0 Å². The lowest BCUT2D eigenvalue weighted by atomic mass is 9.80. The van der Waals surface area contributed by atoms with Gasteiger partial charge in [-0.25, -0.2) is 0 Å². The van der Waals surface area contributed by atoms with E-state index in [2.05, 4.69) is 0 Å². The van der Waals surface area contributed by atoms with Crippen LogP contribution in [-0.2, 0) is 4.74 Å². The van der Waals surface area contributed by atoms with Gasteiger partial charge in [0.15, 0.2) is 0 Å². The van der Waals surface area contributed by atoms with Gasteiger partial charge in [-0.1, -0.05) is 6.42 Å². The molecule has 4 atom stereocenters. The number of nitrogens with two attached hydrogens (primary N) is 1. The third kappa shape index (κ3) is 1.69. The summed E-state index contributed by atoms with van der Waals surface area (Å²) in [5.41, 5.74) is 7.77. The molecule has 2 fully saturated rings. The van der Waals surface area contributed by atoms with Crippen LogP contribution in [0.25, 0.3) is 0 Å². The first-order valence-electron chi connectivity index (χ1n) is 6.40. The highest BCUT2D eigenvalue weighted by atomic mass is 16.5. The van der Waals surface area contributed by atoms with Crippen molar-refractivity contribution in [1.82, 2.24) is 0 Å². The maximum atomic E-state index is 6.39. The maximum Gasteiger partial charge on any atom is 0.0876 e. The van der Waals surface area contributed by atoms with Gasteiger partial charge in [-0.2, -0.15) is 0 Å². The quantitative estimate of drug-likeness (QED) is 0.755. The van der Waals surface area contributed by atoms with E-state index in [0.717, 1.165) is 37.2 Å². The van der Waals surface area contributed by atoms with Crippen LogP contribution in [0.5, 0.6) is 0 Å². The average Bonchev–Trinajstić information content (AvgIpc) is 2.91. The van der Waals surface area contributed by atoms with Gasteiger partial charge in [0.25, 0.3) is 0 Å². The summed E-state index contributed by atoms with van der Waals surface area (Å²) in [6.07, 6.45) is 9.98. The lowest BCUT2D eigenvalue weighted by Crippen LogP contribution is -2.36. The Hall–Kier alpha value is -0.500. The van der Waals surface area contributed by atoms with E-state index >= 15 is 0 Å². The van der Waals surface area contributed by atoms with Gasteiger partial charge in [0.1, 0.15) is 0 Å². The molecule has 4 unspecified atom stereocenters. The van der Waals surface area contributed by atoms with Crippen LogP contribution in [0.3, 0.4) is 0 Å². The standard InChI is InChI=1S/C13H21NO/c14-13(11-2-1-5-15-8-11)12-7-9-3-4-10(12)6-9/h8-10,12-13H,1-7,14H2. The molecule has 2 saturated carbocycles. The van der Waals surface area contributed by atoms with Crippen molar-refractivity contribution in [3.05, 3.63) is 11.8 Å². The van der Waals surface area contributed by atoms with Crippen LogP contribution in [0.2, 0.25) is 0 Å². The fourth-order valence-corrected chi connectivity index (χ4v) is 3.84. The minimum atomic E-state index is 0.292. The van der Waals surface area contributed by atoms with E-state index in [1.165, 1.54) is 31.3 Å². The van der Waals surface area contributed by atoms with Gasteiger partial charge in [0.2, 0.25) is 0 Å². The summed E-state index contributed by atoms with van der Waals surface area (Å²) in [7, 11) is 0. The van der Waals surface area contributed by atoms with Crippen LogP contribution in [-0.4, -0.2) is 12.6 Å². The van der Waals surface area contributed by atoms with Crippen LogP contribution >= 0.6 is 0 Å². The van der Waals surface area contributed by atoms with Crippen molar-refractivity contribution in [3.63, 3.8) is 0 Å². The van der Waals surface area contributed by atoms with Crippen LogP contribution in [0.15, 0.2) is 11.8 Å². The molecule has 84 valence electrons. The van der Waals surface area contributed by atoms with Crippen molar-refractivity contribution in [2.24, 2.45) is 23.5 Å². The van der Waals surface area contributed by atoms with Crippen molar-refractivity contribution in [1.29, 1.82) is 0 Å². The molecule has 0 aromatic rings. The summed E-state index contributed by atoms with van der Waals surface area (Å²) in [6, 6.07) is 0.292. The zero-order valence-electron chi connectivity index (χ0n) is 9.32. The molecule has 2 bridgehead atoms. The van der Waals surface area contributed by atoms with Gasteiger partial charge in [-0.15, -0.1) is 0 Å². The molecular weight excluding hydrogens is 186 g/mol. The molecule has 2 heteroatoms. The number of fused-ring (bicyclic) bond motifs is 2. The summed E-state index contributed by atoms with van der Waals surface area (Å²) in [4.78, 5) is 0. The van der Waals surface area contributed by atoms with E-state index in [0.29, 0.717) is 6.04 Å². The number of hydrogen-bond acceptors (Lipinski definition) is 2. The van der Waals surface area contributed by atoms with Crippen molar-refractivity contribution in [2.45, 2.75) is 44.6 Å². The van der Waals surface area contributed by atoms with Crippen LogP contribution in [0.4, 0.5) is 0 Å². The van der Waals surface area contributed by atoms with E-state index < -0.39 is 0 Å². The normalized spacial score (nSPS) is 41.1. The topological polar surface area (TPSA) is 35.2 Å². The summed E-state index contributed by atoms with van der Waals surface area (Å²) in [6.45, 7) is 0.882. The molecule has 0 amide bonds. The number of hydrogen-bond donors (Lipinski definition) is 1. The molecule has 1 aliphatic heterocycles. The third-order valence-electron chi connectivity index (χ3n) is 4.64. The first kappa shape index (κ1) is 9.71. The molecule has 0 radical (unpaired) electrons. The molecule has 3 rings (SSSR count). The second kappa shape index (κ2) is 3.82. The van der Waals surface area contributed by atoms with Crippen molar-refractivity contribution in [3.8, 4) is 0 Å². The Labute approximate surface area is 91.9 Å². The molecule has 0 aromatic carbocycles. The zero-order valence-corrected chi connectivity index (χ0v) is 9.32. The predicted molar refractivity (Wildman–Crippen MR) is 60.2 cm³/mol. The molecular formula is C13H21NO. The van der Waals surface area contributed by atoms with Gasteiger partial charge in [-0.3, -0.25) is 0 Å². The van der Waals surface area contributed by atoms with Crippen LogP contribution in [0.1, 0.15) is 38.5 Å². The molecule has 2 N–H and O–H groups in total. The van der Waals surface area contributed by atoms with Crippen molar-refractivity contribution in [2.75, 3.05) is 6.61 Å². The lowest BCUT2D eigenvalue weighted by Gasteiger charge is -2.30. The first-order valence-corrected chi connectivity index (χ1v) is 6.40. The maximum absolute atomic E-state index is 6.39. The van der Waals surface area contributed by atoms with Crippen molar-refractivity contribution >= 4 is 0 Å². The molecule has 0 saturated heterocycles. The summed E-state index contributed by atoms with van der Waals surface area (Å²) in [5.74, 6) is 2.68. The Balaban J connectivity index is 1.69. The zero-order chi connectivity index (χ0) is 10.3. The Morgan fingerprint density at radius 1 is 1.33 bits per heavy atom. The Morgan fingerprint density at radius 3 is 2.87 bits per heavy atom. The molecule has 2 nitrogen and oxygen atoms in total. The van der Waals surface area contributed by atoms with Gasteiger partial charge < -0.3 is 10.5 Å². The van der Waals surface area contributed by atoms with E-state index in [1.807, 2.05) is 6.26 Å². The minimum Gasteiger partial charge on any atom is -0.501 e. The Bertz CT molecular complexity index is 274. The Morgan fingerprint density at radius 2 is 2.27 bits per heavy atom. The highest BCUT2D eigenvalue weighted by molar-refractivity contribution is 5.13. The highest BCUT2D eigenvalue weighted by Crippen LogP contribution is 2.50. The minimum absolute atomic E-state index is 0.292. The third-order valence-corrected chi connectivity index (χ3v) is 4.64. The van der Waals surface area contributed by atoms with Gasteiger partial charge in [0.05, 0.1) is 12.9 Å². The molecule has 1 heterocycles. The van der Waals surface area contributed by atoms with E-state index in [1.54, 1.807) is 0 Å². The highest BCUT2D eigenvalue weighted by Gasteiger charge is 2.42. The summed E-state index contributed by atoms with van der Waals surface area (Å²) in [5, 5.41) is 0. The van der Waals surface area contributed by atoms with Crippen LogP contribution < -0.4 is 5.73 Å². The van der Waals surface area contributed by atoms with E-state index in [9.17, 15) is 0 Å². The monoisotopic (exact) mass is 207 g/mol. The molecule has 3 aliphatic rings. The predicted octanol–water partition coefficient (Wildman–Crippen LogP) is 2.44. The summed E-state index contributed by atoms with van der Waals surface area (Å²) < 4.78 is 5.40. The molecule has 15 heavy (non-hydrogen) atoms. The van der Waals surface area contributed by atoms with Crippen LogP contribution in [0, 0.1) is 17.8 Å². The largest absolute Gasteiger partial charge is 0.501 e. The number of rotatable bonds is 2. The number of ether oxygens (including phenoxy) is 1. The molecule has 0 aromatic heterocycles. The van der Waals surface area contributed by atoms with Gasteiger partial charge in [-0.05, 0) is 55.4 Å². The average molecular weight is 207 g/mol. The van der Waals surface area contributed by atoms with Gasteiger partial charge in [0, 0.05) is 6.04 Å². The summed E-state index contributed by atoms with van der Waals surface area (Å²) >= 11 is 0. The SMILES string of the molecule is NC(C1=COCCC1)C1CC2CCC1C2. The first-order chi connectivity index (χ1) is 7.34.